The van der Waals surface area contributed by atoms with E-state index in [2.05, 4.69) is 5.32 Å². The molecule has 1 fully saturated rings. The fraction of sp³-hybridized carbons (Fsp3) is 0.286. The largest absolute Gasteiger partial charge is 0.332 e. The summed E-state index contributed by atoms with van der Waals surface area (Å²) in [4.78, 5) is 40.2. The minimum atomic E-state index is -0.198. The van der Waals surface area contributed by atoms with Gasteiger partial charge in [-0.3, -0.25) is 14.4 Å². The number of piperazine rings is 1. The molecule has 0 unspecified atom stereocenters. The van der Waals surface area contributed by atoms with E-state index >= 15 is 0 Å². The number of hydrogen-bond donors (Lipinski definition) is 1. The minimum Gasteiger partial charge on any atom is -0.332 e. The first-order chi connectivity index (χ1) is 13.4. The van der Waals surface area contributed by atoms with Gasteiger partial charge in [-0.15, -0.1) is 0 Å². The topological polar surface area (TPSA) is 69.7 Å². The molecule has 2 aromatic rings. The maximum Gasteiger partial charge on any atom is 0.254 e. The lowest BCUT2D eigenvalue weighted by atomic mass is 9.90. The Labute approximate surface area is 168 Å². The van der Waals surface area contributed by atoms with Crippen LogP contribution in [0.15, 0.2) is 42.5 Å². The fourth-order valence-electron chi connectivity index (χ4n) is 3.93. The summed E-state index contributed by atoms with van der Waals surface area (Å²) in [6.45, 7) is 2.59. The van der Waals surface area contributed by atoms with Crippen molar-refractivity contribution in [2.75, 3.05) is 25.0 Å². The number of carbonyl (C=O) groups excluding carboxylic acids is 3. The zero-order valence-corrected chi connectivity index (χ0v) is 16.2. The van der Waals surface area contributed by atoms with E-state index < -0.39 is 0 Å². The molecule has 0 radical (unpaired) electrons. The lowest BCUT2D eigenvalue weighted by Crippen LogP contribution is -2.55. The number of fused-ring (bicyclic) bond motifs is 3. The van der Waals surface area contributed by atoms with Gasteiger partial charge in [0.15, 0.2) is 0 Å². The Morgan fingerprint density at radius 2 is 1.89 bits per heavy atom. The maximum absolute atomic E-state index is 13.0. The smallest absolute Gasteiger partial charge is 0.254 e. The average Bonchev–Trinajstić information content (AvgIpc) is 2.67. The van der Waals surface area contributed by atoms with E-state index in [9.17, 15) is 14.4 Å². The number of nitrogens with zero attached hydrogens (tertiary/aromatic N) is 2. The summed E-state index contributed by atoms with van der Waals surface area (Å²) in [6, 6.07) is 12.3. The van der Waals surface area contributed by atoms with E-state index in [1.54, 1.807) is 29.2 Å². The third kappa shape index (κ3) is 3.47. The number of carbonyl (C=O) groups is 3. The van der Waals surface area contributed by atoms with Crippen LogP contribution in [0.3, 0.4) is 0 Å². The van der Waals surface area contributed by atoms with Crippen LogP contribution < -0.4 is 5.32 Å². The second kappa shape index (κ2) is 7.28. The van der Waals surface area contributed by atoms with Gasteiger partial charge >= 0.3 is 0 Å². The summed E-state index contributed by atoms with van der Waals surface area (Å²) in [6.07, 6.45) is 0.799. The molecule has 0 saturated carbocycles. The Hall–Kier alpha value is -2.86. The van der Waals surface area contributed by atoms with Crippen LogP contribution in [-0.4, -0.2) is 47.2 Å². The Balaban J connectivity index is 1.57. The number of anilines is 1. The summed E-state index contributed by atoms with van der Waals surface area (Å²) in [5.74, 6) is -0.419. The molecule has 2 aromatic carbocycles. The zero-order valence-electron chi connectivity index (χ0n) is 15.4. The van der Waals surface area contributed by atoms with Gasteiger partial charge in [-0.05, 0) is 53.9 Å². The van der Waals surface area contributed by atoms with E-state index in [1.165, 1.54) is 12.5 Å². The molecule has 144 valence electrons. The zero-order chi connectivity index (χ0) is 19.8. The minimum absolute atomic E-state index is 0.0508. The Bertz CT molecular complexity index is 958. The van der Waals surface area contributed by atoms with Crippen LogP contribution in [0, 0.1) is 0 Å². The van der Waals surface area contributed by atoms with Crippen LogP contribution in [0.5, 0.6) is 0 Å². The predicted octanol–water partition coefficient (Wildman–Crippen LogP) is 2.88. The summed E-state index contributed by atoms with van der Waals surface area (Å²) >= 11 is 6.18. The van der Waals surface area contributed by atoms with Crippen molar-refractivity contribution in [2.45, 2.75) is 19.4 Å². The monoisotopic (exact) mass is 397 g/mol. The lowest BCUT2D eigenvalue weighted by Gasteiger charge is -2.44. The van der Waals surface area contributed by atoms with Gasteiger partial charge in [-0.1, -0.05) is 17.7 Å². The number of halogens is 1. The lowest BCUT2D eigenvalue weighted by molar-refractivity contribution is -0.139. The first kappa shape index (κ1) is 18.5. The summed E-state index contributed by atoms with van der Waals surface area (Å²) < 4.78 is 0. The molecule has 4 rings (SSSR count). The third-order valence-electron chi connectivity index (χ3n) is 5.24. The number of benzene rings is 2. The van der Waals surface area contributed by atoms with Crippen molar-refractivity contribution in [3.8, 4) is 0 Å². The van der Waals surface area contributed by atoms with E-state index in [0.29, 0.717) is 29.4 Å². The Morgan fingerprint density at radius 3 is 2.61 bits per heavy atom. The molecule has 0 aromatic heterocycles. The van der Waals surface area contributed by atoms with Crippen LogP contribution >= 0.6 is 11.6 Å². The maximum atomic E-state index is 13.0. The van der Waals surface area contributed by atoms with Crippen LogP contribution in [-0.2, 0) is 16.0 Å². The third-order valence-corrected chi connectivity index (χ3v) is 5.48. The highest BCUT2D eigenvalue weighted by Gasteiger charge is 2.38. The molecule has 28 heavy (non-hydrogen) atoms. The Kier molecular flexibility index (Phi) is 4.81. The quantitative estimate of drug-likeness (QED) is 0.847. The molecule has 0 spiro atoms. The van der Waals surface area contributed by atoms with Crippen molar-refractivity contribution in [2.24, 2.45) is 0 Å². The van der Waals surface area contributed by atoms with Crippen molar-refractivity contribution in [1.82, 2.24) is 9.80 Å². The second-order valence-corrected chi connectivity index (χ2v) is 7.58. The summed E-state index contributed by atoms with van der Waals surface area (Å²) in [5.41, 5.74) is 3.30. The molecule has 0 aliphatic carbocycles. The highest BCUT2D eigenvalue weighted by atomic mass is 35.5. The Morgan fingerprint density at radius 1 is 1.14 bits per heavy atom. The van der Waals surface area contributed by atoms with Gasteiger partial charge < -0.3 is 15.1 Å². The van der Waals surface area contributed by atoms with Gasteiger partial charge in [0.1, 0.15) is 6.54 Å². The standard InChI is InChI=1S/C21H20ClN3O3/c1-13(26)23-17-6-3-15(4-7-17)21(28)24-11-19-18-10-16(22)5-2-14(18)8-9-25(19)20(27)12-24/h2-7,10,19H,8-9,11-12H2,1H3,(H,23,26)/t19-/m1/s1. The van der Waals surface area contributed by atoms with E-state index in [0.717, 1.165) is 12.0 Å². The van der Waals surface area contributed by atoms with Gasteiger partial charge in [0.05, 0.1) is 6.04 Å². The van der Waals surface area contributed by atoms with Crippen molar-refractivity contribution < 1.29 is 14.4 Å². The van der Waals surface area contributed by atoms with E-state index in [-0.39, 0.29) is 30.3 Å². The highest BCUT2D eigenvalue weighted by Crippen LogP contribution is 2.35. The number of amides is 3. The first-order valence-corrected chi connectivity index (χ1v) is 9.55. The molecule has 0 bridgehead atoms. The summed E-state index contributed by atoms with van der Waals surface area (Å²) in [7, 11) is 0. The van der Waals surface area contributed by atoms with Crippen LogP contribution in [0.1, 0.15) is 34.5 Å². The van der Waals surface area contributed by atoms with Gasteiger partial charge in [0.2, 0.25) is 11.8 Å². The molecule has 1 saturated heterocycles. The molecule has 7 heteroatoms. The van der Waals surface area contributed by atoms with Crippen molar-refractivity contribution in [3.05, 3.63) is 64.2 Å². The average molecular weight is 398 g/mol. The molecule has 1 N–H and O–H groups in total. The molecular formula is C21H20ClN3O3. The van der Waals surface area contributed by atoms with E-state index in [4.69, 9.17) is 11.6 Å². The second-order valence-electron chi connectivity index (χ2n) is 7.14. The first-order valence-electron chi connectivity index (χ1n) is 9.17. The number of hydrogen-bond acceptors (Lipinski definition) is 3. The normalized spacial score (nSPS) is 18.4. The molecule has 2 aliphatic rings. The van der Waals surface area contributed by atoms with Crippen LogP contribution in [0.25, 0.3) is 0 Å². The van der Waals surface area contributed by atoms with Gasteiger partial charge in [0.25, 0.3) is 5.91 Å². The number of rotatable bonds is 2. The van der Waals surface area contributed by atoms with Crippen molar-refractivity contribution >= 4 is 35.0 Å². The van der Waals surface area contributed by atoms with Gasteiger partial charge in [-0.25, -0.2) is 0 Å². The van der Waals surface area contributed by atoms with Gasteiger partial charge in [-0.2, -0.15) is 0 Å². The van der Waals surface area contributed by atoms with E-state index in [1.807, 2.05) is 23.1 Å². The molecular weight excluding hydrogens is 378 g/mol. The van der Waals surface area contributed by atoms with Crippen LogP contribution in [0.4, 0.5) is 5.69 Å². The van der Waals surface area contributed by atoms with Crippen molar-refractivity contribution in [3.63, 3.8) is 0 Å². The summed E-state index contributed by atoms with van der Waals surface area (Å²) in [5, 5.41) is 3.30. The molecule has 6 nitrogen and oxygen atoms in total. The van der Waals surface area contributed by atoms with Crippen molar-refractivity contribution in [1.29, 1.82) is 0 Å². The molecule has 1 atom stereocenters. The van der Waals surface area contributed by atoms with Crippen LogP contribution in [0.2, 0.25) is 5.02 Å². The fourth-order valence-corrected chi connectivity index (χ4v) is 4.11. The molecule has 3 amide bonds. The van der Waals surface area contributed by atoms with Gasteiger partial charge in [0, 0.05) is 36.3 Å². The predicted molar refractivity (Wildman–Crippen MR) is 106 cm³/mol. The highest BCUT2D eigenvalue weighted by molar-refractivity contribution is 6.30. The molecule has 2 heterocycles. The molecule has 2 aliphatic heterocycles. The SMILES string of the molecule is CC(=O)Nc1ccc(C(=O)N2CC(=O)N3CCc4ccc(Cl)cc4[C@H]3C2)cc1. The number of nitrogens with one attached hydrogen (secondary N) is 1.